The van der Waals surface area contributed by atoms with E-state index in [2.05, 4.69) is 27.7 Å². The number of ether oxygens (including phenoxy) is 2. The van der Waals surface area contributed by atoms with Crippen LogP contribution in [0, 0.1) is 17.8 Å². The third-order valence-corrected chi connectivity index (χ3v) is 2.99. The largest absolute Gasteiger partial charge is 0.350 e. The summed E-state index contributed by atoms with van der Waals surface area (Å²) >= 11 is 0. The van der Waals surface area contributed by atoms with Crippen LogP contribution in [-0.2, 0) is 9.47 Å². The monoisotopic (exact) mass is 186 g/mol. The molecule has 1 aliphatic heterocycles. The molecule has 0 aromatic heterocycles. The average Bonchev–Trinajstić information content (AvgIpc) is 2.55. The van der Waals surface area contributed by atoms with E-state index in [4.69, 9.17) is 9.47 Å². The van der Waals surface area contributed by atoms with E-state index in [1.165, 1.54) is 6.42 Å². The van der Waals surface area contributed by atoms with Gasteiger partial charge in [0, 0.05) is 5.92 Å². The Bertz CT molecular complexity index is 139. The third kappa shape index (κ3) is 3.28. The zero-order valence-electron chi connectivity index (χ0n) is 9.25. The lowest BCUT2D eigenvalue weighted by molar-refractivity contribution is -0.0843. The van der Waals surface area contributed by atoms with Crippen molar-refractivity contribution in [1.29, 1.82) is 0 Å². The van der Waals surface area contributed by atoms with E-state index >= 15 is 0 Å². The van der Waals surface area contributed by atoms with Crippen molar-refractivity contribution >= 4 is 0 Å². The molecule has 0 bridgehead atoms. The van der Waals surface area contributed by atoms with Crippen molar-refractivity contribution in [3.63, 3.8) is 0 Å². The van der Waals surface area contributed by atoms with Gasteiger partial charge in [0.1, 0.15) is 0 Å². The molecule has 1 aliphatic rings. The standard InChI is InChI=1S/C11H22O2/c1-8(2)9(3)7-10(4)11-12-5-6-13-11/h8-11H,5-7H2,1-4H3. The van der Waals surface area contributed by atoms with E-state index in [9.17, 15) is 0 Å². The smallest absolute Gasteiger partial charge is 0.160 e. The summed E-state index contributed by atoms with van der Waals surface area (Å²) in [6, 6.07) is 0. The molecule has 13 heavy (non-hydrogen) atoms. The molecular formula is C11H22O2. The maximum Gasteiger partial charge on any atom is 0.160 e. The van der Waals surface area contributed by atoms with E-state index in [0.717, 1.165) is 25.0 Å². The molecule has 2 atom stereocenters. The first-order valence-electron chi connectivity index (χ1n) is 5.34. The number of rotatable bonds is 4. The van der Waals surface area contributed by atoms with E-state index in [0.29, 0.717) is 5.92 Å². The molecule has 2 heteroatoms. The van der Waals surface area contributed by atoms with Crippen LogP contribution in [0.1, 0.15) is 34.1 Å². The van der Waals surface area contributed by atoms with Crippen molar-refractivity contribution in [2.24, 2.45) is 17.8 Å². The Labute approximate surface area is 81.6 Å². The lowest BCUT2D eigenvalue weighted by Crippen LogP contribution is -2.22. The maximum absolute atomic E-state index is 5.47. The molecule has 0 spiro atoms. The molecule has 0 aliphatic carbocycles. The number of hydrogen-bond acceptors (Lipinski definition) is 2. The van der Waals surface area contributed by atoms with Gasteiger partial charge >= 0.3 is 0 Å². The van der Waals surface area contributed by atoms with Crippen LogP contribution in [0.3, 0.4) is 0 Å². The summed E-state index contributed by atoms with van der Waals surface area (Å²) in [4.78, 5) is 0. The fourth-order valence-corrected chi connectivity index (χ4v) is 1.67. The Morgan fingerprint density at radius 1 is 1.08 bits per heavy atom. The molecule has 78 valence electrons. The molecule has 1 heterocycles. The average molecular weight is 186 g/mol. The van der Waals surface area contributed by atoms with Gasteiger partial charge in [0.15, 0.2) is 6.29 Å². The maximum atomic E-state index is 5.47. The first-order valence-corrected chi connectivity index (χ1v) is 5.34. The summed E-state index contributed by atoms with van der Waals surface area (Å²) in [5, 5.41) is 0. The summed E-state index contributed by atoms with van der Waals surface area (Å²) < 4.78 is 10.9. The lowest BCUT2D eigenvalue weighted by atomic mass is 9.88. The van der Waals surface area contributed by atoms with Gasteiger partial charge in [0.2, 0.25) is 0 Å². The van der Waals surface area contributed by atoms with E-state index < -0.39 is 0 Å². The minimum absolute atomic E-state index is 0.0567. The zero-order chi connectivity index (χ0) is 9.84. The highest BCUT2D eigenvalue weighted by Crippen LogP contribution is 2.25. The van der Waals surface area contributed by atoms with Crippen LogP contribution in [0.5, 0.6) is 0 Å². The zero-order valence-corrected chi connectivity index (χ0v) is 9.25. The van der Waals surface area contributed by atoms with Crippen molar-refractivity contribution in [2.75, 3.05) is 13.2 Å². The Kier molecular flexibility index (Phi) is 4.20. The van der Waals surface area contributed by atoms with Crippen molar-refractivity contribution in [3.05, 3.63) is 0 Å². The van der Waals surface area contributed by atoms with Crippen LogP contribution in [0.15, 0.2) is 0 Å². The second kappa shape index (κ2) is 4.97. The Balaban J connectivity index is 2.26. The van der Waals surface area contributed by atoms with Crippen LogP contribution in [0.4, 0.5) is 0 Å². The molecule has 1 saturated heterocycles. The number of hydrogen-bond donors (Lipinski definition) is 0. The second-order valence-corrected chi connectivity index (χ2v) is 4.54. The summed E-state index contributed by atoms with van der Waals surface area (Å²) in [5.41, 5.74) is 0. The summed E-state index contributed by atoms with van der Waals surface area (Å²) in [7, 11) is 0. The molecular weight excluding hydrogens is 164 g/mol. The van der Waals surface area contributed by atoms with E-state index in [-0.39, 0.29) is 6.29 Å². The molecule has 0 amide bonds. The van der Waals surface area contributed by atoms with Crippen LogP contribution in [0.2, 0.25) is 0 Å². The van der Waals surface area contributed by atoms with Gasteiger partial charge in [0.25, 0.3) is 0 Å². The van der Waals surface area contributed by atoms with Crippen LogP contribution < -0.4 is 0 Å². The van der Waals surface area contributed by atoms with Gasteiger partial charge in [-0.1, -0.05) is 27.7 Å². The highest BCUT2D eigenvalue weighted by atomic mass is 16.7. The van der Waals surface area contributed by atoms with Gasteiger partial charge in [-0.05, 0) is 18.3 Å². The molecule has 2 nitrogen and oxygen atoms in total. The quantitative estimate of drug-likeness (QED) is 0.672. The van der Waals surface area contributed by atoms with Crippen molar-refractivity contribution < 1.29 is 9.47 Å². The minimum Gasteiger partial charge on any atom is -0.350 e. The van der Waals surface area contributed by atoms with Gasteiger partial charge in [-0.3, -0.25) is 0 Å². The van der Waals surface area contributed by atoms with Gasteiger partial charge in [-0.15, -0.1) is 0 Å². The fourth-order valence-electron chi connectivity index (χ4n) is 1.67. The predicted molar refractivity (Wildman–Crippen MR) is 53.5 cm³/mol. The minimum atomic E-state index is 0.0567. The van der Waals surface area contributed by atoms with Crippen molar-refractivity contribution in [3.8, 4) is 0 Å². The Morgan fingerprint density at radius 3 is 2.08 bits per heavy atom. The SMILES string of the molecule is CC(C)C(C)CC(C)C1OCCO1. The highest BCUT2D eigenvalue weighted by molar-refractivity contribution is 4.67. The normalized spacial score (nSPS) is 23.8. The molecule has 2 unspecified atom stereocenters. The predicted octanol–water partition coefficient (Wildman–Crippen LogP) is 2.68. The molecule has 0 N–H and O–H groups in total. The molecule has 0 aromatic rings. The van der Waals surface area contributed by atoms with Gasteiger partial charge < -0.3 is 9.47 Å². The lowest BCUT2D eigenvalue weighted by Gasteiger charge is -2.23. The molecule has 0 radical (unpaired) electrons. The Morgan fingerprint density at radius 2 is 1.62 bits per heavy atom. The van der Waals surface area contributed by atoms with Gasteiger partial charge in [-0.25, -0.2) is 0 Å². The molecule has 1 fully saturated rings. The summed E-state index contributed by atoms with van der Waals surface area (Å²) in [6.07, 6.45) is 1.25. The van der Waals surface area contributed by atoms with Gasteiger partial charge in [-0.2, -0.15) is 0 Å². The molecule has 0 saturated carbocycles. The van der Waals surface area contributed by atoms with Crippen molar-refractivity contribution in [1.82, 2.24) is 0 Å². The van der Waals surface area contributed by atoms with Gasteiger partial charge in [0.05, 0.1) is 13.2 Å². The highest BCUT2D eigenvalue weighted by Gasteiger charge is 2.25. The fraction of sp³-hybridized carbons (Fsp3) is 1.00. The van der Waals surface area contributed by atoms with Crippen molar-refractivity contribution in [2.45, 2.75) is 40.4 Å². The van der Waals surface area contributed by atoms with E-state index in [1.54, 1.807) is 0 Å². The summed E-state index contributed by atoms with van der Waals surface area (Å²) in [5.74, 6) is 2.03. The first-order chi connectivity index (χ1) is 6.11. The first kappa shape index (κ1) is 11.0. The molecule has 0 aromatic carbocycles. The van der Waals surface area contributed by atoms with Crippen LogP contribution >= 0.6 is 0 Å². The summed E-state index contributed by atoms with van der Waals surface area (Å²) in [6.45, 7) is 10.6. The van der Waals surface area contributed by atoms with Crippen LogP contribution in [-0.4, -0.2) is 19.5 Å². The molecule has 1 rings (SSSR count). The van der Waals surface area contributed by atoms with Crippen LogP contribution in [0.25, 0.3) is 0 Å². The topological polar surface area (TPSA) is 18.5 Å². The second-order valence-electron chi connectivity index (χ2n) is 4.54. The third-order valence-electron chi connectivity index (χ3n) is 2.99. The van der Waals surface area contributed by atoms with E-state index in [1.807, 2.05) is 0 Å². The Hall–Kier alpha value is -0.0800.